The molecule has 0 bridgehead atoms. The van der Waals surface area contributed by atoms with Crippen molar-refractivity contribution in [2.75, 3.05) is 0 Å². The van der Waals surface area contributed by atoms with Crippen molar-refractivity contribution in [2.24, 2.45) is 0 Å². The largest absolute Gasteiger partial charge is 0.439 e. The van der Waals surface area contributed by atoms with Gasteiger partial charge in [0.1, 0.15) is 5.75 Å². The third-order valence-electron chi connectivity index (χ3n) is 5.16. The van der Waals surface area contributed by atoms with Gasteiger partial charge in [-0.25, -0.2) is 4.79 Å². The molecule has 2 aromatic carbocycles. The van der Waals surface area contributed by atoms with Gasteiger partial charge in [0, 0.05) is 18.2 Å². The Hall–Kier alpha value is -2.88. The smallest absolute Gasteiger partial charge is 0.351 e. The SMILES string of the molecule is CCc1ccccc1Oc1cc2n(c(=O)n1)CCc1cc(C)c(C)cc1-2. The summed E-state index contributed by atoms with van der Waals surface area (Å²) in [4.78, 5) is 16.7. The summed E-state index contributed by atoms with van der Waals surface area (Å²) in [5.41, 5.74) is 6.61. The van der Waals surface area contributed by atoms with Gasteiger partial charge in [-0.05, 0) is 61.1 Å². The van der Waals surface area contributed by atoms with Crippen LogP contribution >= 0.6 is 0 Å². The van der Waals surface area contributed by atoms with Crippen molar-refractivity contribution in [3.63, 3.8) is 0 Å². The predicted molar refractivity (Wildman–Crippen MR) is 103 cm³/mol. The summed E-state index contributed by atoms with van der Waals surface area (Å²) in [5, 5.41) is 0. The monoisotopic (exact) mass is 346 g/mol. The third kappa shape index (κ3) is 2.81. The first-order chi connectivity index (χ1) is 12.6. The summed E-state index contributed by atoms with van der Waals surface area (Å²) in [6.45, 7) is 6.96. The number of nitrogens with zero attached hydrogens (tertiary/aromatic N) is 2. The lowest BCUT2D eigenvalue weighted by Gasteiger charge is -2.23. The lowest BCUT2D eigenvalue weighted by Crippen LogP contribution is -2.28. The molecule has 0 spiro atoms. The normalized spacial score (nSPS) is 12.4. The van der Waals surface area contributed by atoms with Crippen LogP contribution in [0.5, 0.6) is 11.6 Å². The van der Waals surface area contributed by atoms with Crippen LogP contribution in [0.3, 0.4) is 0 Å². The molecule has 1 aliphatic rings. The number of benzene rings is 2. The molecule has 0 saturated heterocycles. The van der Waals surface area contributed by atoms with E-state index in [1.165, 1.54) is 16.7 Å². The van der Waals surface area contributed by atoms with E-state index < -0.39 is 0 Å². The molecule has 132 valence electrons. The van der Waals surface area contributed by atoms with Crippen LogP contribution in [0.2, 0.25) is 0 Å². The minimum atomic E-state index is -0.254. The van der Waals surface area contributed by atoms with Crippen LogP contribution < -0.4 is 10.4 Å². The molecule has 0 saturated carbocycles. The summed E-state index contributed by atoms with van der Waals surface area (Å²) < 4.78 is 7.74. The Labute approximate surface area is 153 Å². The van der Waals surface area contributed by atoms with Crippen molar-refractivity contribution in [3.8, 4) is 22.9 Å². The Morgan fingerprint density at radius 3 is 2.69 bits per heavy atom. The highest BCUT2D eigenvalue weighted by Crippen LogP contribution is 2.33. The number of rotatable bonds is 3. The van der Waals surface area contributed by atoms with Gasteiger partial charge in [-0.1, -0.05) is 31.2 Å². The fourth-order valence-corrected chi connectivity index (χ4v) is 3.54. The zero-order chi connectivity index (χ0) is 18.3. The van der Waals surface area contributed by atoms with Crippen molar-refractivity contribution >= 4 is 0 Å². The maximum atomic E-state index is 12.6. The second-order valence-corrected chi connectivity index (χ2v) is 6.82. The Bertz CT molecular complexity index is 1050. The van der Waals surface area contributed by atoms with Gasteiger partial charge < -0.3 is 4.74 Å². The molecule has 0 fully saturated rings. The first-order valence-electron chi connectivity index (χ1n) is 9.05. The Morgan fingerprint density at radius 1 is 1.12 bits per heavy atom. The van der Waals surface area contributed by atoms with Crippen molar-refractivity contribution < 1.29 is 4.74 Å². The molecule has 26 heavy (non-hydrogen) atoms. The van der Waals surface area contributed by atoms with Crippen LogP contribution in [0.4, 0.5) is 0 Å². The van der Waals surface area contributed by atoms with Gasteiger partial charge in [-0.2, -0.15) is 4.98 Å². The molecule has 1 aliphatic heterocycles. The molecule has 0 aliphatic carbocycles. The summed E-state index contributed by atoms with van der Waals surface area (Å²) in [6, 6.07) is 14.1. The maximum absolute atomic E-state index is 12.6. The van der Waals surface area contributed by atoms with Gasteiger partial charge in [-0.15, -0.1) is 0 Å². The van der Waals surface area contributed by atoms with E-state index in [4.69, 9.17) is 4.74 Å². The predicted octanol–water partition coefficient (Wildman–Crippen LogP) is 4.44. The highest BCUT2D eigenvalue weighted by atomic mass is 16.5. The number of para-hydroxylation sites is 1. The molecule has 3 aromatic rings. The van der Waals surface area contributed by atoms with Crippen LogP contribution in [0, 0.1) is 13.8 Å². The van der Waals surface area contributed by atoms with Gasteiger partial charge in [0.15, 0.2) is 0 Å². The summed E-state index contributed by atoms with van der Waals surface area (Å²) >= 11 is 0. The van der Waals surface area contributed by atoms with Crippen LogP contribution in [0.25, 0.3) is 11.3 Å². The van der Waals surface area contributed by atoms with E-state index in [1.807, 2.05) is 30.3 Å². The third-order valence-corrected chi connectivity index (χ3v) is 5.16. The topological polar surface area (TPSA) is 44.1 Å². The maximum Gasteiger partial charge on any atom is 0.351 e. The molecule has 4 nitrogen and oxygen atoms in total. The first-order valence-corrected chi connectivity index (χ1v) is 9.05. The van der Waals surface area contributed by atoms with Crippen molar-refractivity contribution in [2.45, 2.75) is 40.2 Å². The van der Waals surface area contributed by atoms with E-state index in [0.717, 1.165) is 35.4 Å². The van der Waals surface area contributed by atoms with Gasteiger partial charge in [0.2, 0.25) is 5.88 Å². The number of ether oxygens (including phenoxy) is 1. The van der Waals surface area contributed by atoms with Gasteiger partial charge >= 0.3 is 5.69 Å². The molecule has 1 aromatic heterocycles. The van der Waals surface area contributed by atoms with Crippen molar-refractivity contribution in [3.05, 3.63) is 75.2 Å². The lowest BCUT2D eigenvalue weighted by atomic mass is 9.93. The minimum absolute atomic E-state index is 0.254. The van der Waals surface area contributed by atoms with Crippen LogP contribution in [-0.4, -0.2) is 9.55 Å². The van der Waals surface area contributed by atoms with Crippen LogP contribution in [0.1, 0.15) is 29.2 Å². The highest BCUT2D eigenvalue weighted by Gasteiger charge is 2.20. The number of hydrogen-bond donors (Lipinski definition) is 0. The zero-order valence-corrected chi connectivity index (χ0v) is 15.4. The molecule has 0 amide bonds. The molecule has 0 N–H and O–H groups in total. The van der Waals surface area contributed by atoms with E-state index >= 15 is 0 Å². The molecule has 2 heterocycles. The number of hydrogen-bond acceptors (Lipinski definition) is 3. The Balaban J connectivity index is 1.82. The quantitative estimate of drug-likeness (QED) is 0.704. The van der Waals surface area contributed by atoms with E-state index in [9.17, 15) is 4.79 Å². The van der Waals surface area contributed by atoms with Crippen LogP contribution in [-0.2, 0) is 19.4 Å². The molecule has 0 unspecified atom stereocenters. The molecule has 0 radical (unpaired) electrons. The highest BCUT2D eigenvalue weighted by molar-refractivity contribution is 5.68. The Kier molecular flexibility index (Phi) is 4.11. The zero-order valence-electron chi connectivity index (χ0n) is 15.4. The first kappa shape index (κ1) is 16.6. The van der Waals surface area contributed by atoms with Gasteiger partial charge in [0.25, 0.3) is 0 Å². The standard InChI is InChI=1S/C22H22N2O2/c1-4-16-7-5-6-8-20(16)26-21-13-19-18-12-15(3)14(2)11-17(18)9-10-24(19)22(25)23-21/h5-8,11-13H,4,9-10H2,1-3H3. The number of aromatic nitrogens is 2. The molecule has 4 heteroatoms. The number of fused-ring (bicyclic) bond motifs is 3. The minimum Gasteiger partial charge on any atom is -0.439 e. The summed E-state index contributed by atoms with van der Waals surface area (Å²) in [6.07, 6.45) is 1.71. The second kappa shape index (κ2) is 6.45. The van der Waals surface area contributed by atoms with Crippen molar-refractivity contribution in [1.29, 1.82) is 0 Å². The molecule has 0 atom stereocenters. The number of aryl methyl sites for hydroxylation is 4. The van der Waals surface area contributed by atoms with Gasteiger partial charge in [0.05, 0.1) is 5.69 Å². The average Bonchev–Trinajstić information content (AvgIpc) is 2.63. The fraction of sp³-hybridized carbons (Fsp3) is 0.273. The Morgan fingerprint density at radius 2 is 1.88 bits per heavy atom. The summed E-state index contributed by atoms with van der Waals surface area (Å²) in [5.74, 6) is 1.11. The van der Waals surface area contributed by atoms with E-state index in [2.05, 4.69) is 37.9 Å². The fourth-order valence-electron chi connectivity index (χ4n) is 3.54. The van der Waals surface area contributed by atoms with E-state index in [-0.39, 0.29) is 5.69 Å². The lowest BCUT2D eigenvalue weighted by molar-refractivity contribution is 0.448. The molecule has 4 rings (SSSR count). The average molecular weight is 346 g/mol. The van der Waals surface area contributed by atoms with E-state index in [1.54, 1.807) is 4.57 Å². The van der Waals surface area contributed by atoms with E-state index in [0.29, 0.717) is 12.4 Å². The van der Waals surface area contributed by atoms with Crippen LogP contribution in [0.15, 0.2) is 47.3 Å². The van der Waals surface area contributed by atoms with Gasteiger partial charge in [-0.3, -0.25) is 4.57 Å². The molecular formula is C22H22N2O2. The second-order valence-electron chi connectivity index (χ2n) is 6.82. The van der Waals surface area contributed by atoms with Crippen molar-refractivity contribution in [1.82, 2.24) is 9.55 Å². The summed E-state index contributed by atoms with van der Waals surface area (Å²) in [7, 11) is 0. The molecular weight excluding hydrogens is 324 g/mol.